The molecule has 6 heteroatoms. The molecule has 0 saturated heterocycles. The fourth-order valence-electron chi connectivity index (χ4n) is 1.77. The zero-order valence-electron chi connectivity index (χ0n) is 12.3. The summed E-state index contributed by atoms with van der Waals surface area (Å²) in [6.07, 6.45) is 3.64. The van der Waals surface area contributed by atoms with E-state index in [1.165, 1.54) is 7.11 Å². The second-order valence-corrected chi connectivity index (χ2v) is 4.99. The first-order chi connectivity index (χ1) is 8.97. The van der Waals surface area contributed by atoms with Crippen molar-refractivity contribution >= 4 is 5.78 Å². The lowest BCUT2D eigenvalue weighted by Crippen LogP contribution is -3.15. The molecule has 3 atom stereocenters. The number of Topliss-reactive ketones (excluding diaryl/α,β-unsaturated/α-hetero) is 1. The molecule has 19 heavy (non-hydrogen) atoms. The van der Waals surface area contributed by atoms with Crippen LogP contribution in [0, 0.1) is 5.21 Å². The first-order valence-corrected chi connectivity index (χ1v) is 6.93. The van der Waals surface area contributed by atoms with Crippen LogP contribution in [0.1, 0.15) is 46.0 Å². The van der Waals surface area contributed by atoms with Gasteiger partial charge in [0.2, 0.25) is 0 Å². The standard InChI is InChI=1S/C13H28N2O4/c1-11(16)8-6-4-5-7-9-15(18)14-13(10-19-3)12(2)17/h12-15,17H,4-10H2,1-3H3. The van der Waals surface area contributed by atoms with E-state index < -0.39 is 6.10 Å². The van der Waals surface area contributed by atoms with Gasteiger partial charge in [-0.3, -0.25) is 5.17 Å². The molecule has 0 heterocycles. The van der Waals surface area contributed by atoms with Gasteiger partial charge in [-0.2, -0.15) is 5.43 Å². The maximum atomic E-state index is 11.6. The summed E-state index contributed by atoms with van der Waals surface area (Å²) in [5.41, 5.74) is 2.76. The first-order valence-electron chi connectivity index (χ1n) is 6.93. The van der Waals surface area contributed by atoms with Crippen LogP contribution in [-0.4, -0.2) is 43.3 Å². The summed E-state index contributed by atoms with van der Waals surface area (Å²) < 4.78 is 4.94. The van der Waals surface area contributed by atoms with E-state index in [0.717, 1.165) is 25.7 Å². The van der Waals surface area contributed by atoms with Crippen LogP contribution in [0.15, 0.2) is 0 Å². The van der Waals surface area contributed by atoms with Gasteiger partial charge < -0.3 is 19.8 Å². The molecule has 3 unspecified atom stereocenters. The molecule has 3 N–H and O–H groups in total. The largest absolute Gasteiger partial charge is 0.613 e. The molecule has 0 saturated carbocycles. The number of hydrogen-bond donors (Lipinski definition) is 3. The topological polar surface area (TPSA) is 86.1 Å². The molecule has 0 rings (SSSR count). The van der Waals surface area contributed by atoms with Crippen molar-refractivity contribution in [1.82, 2.24) is 5.43 Å². The molecule has 0 aromatic carbocycles. The Kier molecular flexibility index (Phi) is 11.0. The first kappa shape index (κ1) is 18.5. The van der Waals surface area contributed by atoms with E-state index in [2.05, 4.69) is 5.43 Å². The Labute approximate surface area is 115 Å². The van der Waals surface area contributed by atoms with Crippen LogP contribution in [0.25, 0.3) is 0 Å². The Morgan fingerprint density at radius 2 is 2.00 bits per heavy atom. The van der Waals surface area contributed by atoms with Crippen LogP contribution in [0.3, 0.4) is 0 Å². The molecule has 0 aliphatic carbocycles. The minimum absolute atomic E-state index is 0.0606. The summed E-state index contributed by atoms with van der Waals surface area (Å²) in [6, 6.07) is -0.352. The van der Waals surface area contributed by atoms with Gasteiger partial charge in [-0.15, -0.1) is 0 Å². The highest BCUT2D eigenvalue weighted by Crippen LogP contribution is 2.02. The van der Waals surface area contributed by atoms with Crippen LogP contribution in [0.2, 0.25) is 0 Å². The summed E-state index contributed by atoms with van der Waals surface area (Å²) in [4.78, 5) is 10.7. The number of unbranched alkanes of at least 4 members (excludes halogenated alkanes) is 3. The summed E-state index contributed by atoms with van der Waals surface area (Å²) in [7, 11) is 1.54. The number of carbonyl (C=O) groups excluding carboxylic acids is 1. The van der Waals surface area contributed by atoms with Crippen molar-refractivity contribution in [3.63, 3.8) is 0 Å². The summed E-state index contributed by atoms with van der Waals surface area (Å²) in [6.45, 7) is 3.99. The number of nitrogens with one attached hydrogen (secondary N) is 2. The fraction of sp³-hybridized carbons (Fsp3) is 0.923. The lowest BCUT2D eigenvalue weighted by molar-refractivity contribution is -0.900. The van der Waals surface area contributed by atoms with Crippen molar-refractivity contribution < 1.29 is 19.8 Å². The Hall–Kier alpha value is -0.530. The number of ether oxygens (including phenoxy) is 1. The number of rotatable bonds is 12. The van der Waals surface area contributed by atoms with Gasteiger partial charge in [0, 0.05) is 13.5 Å². The summed E-state index contributed by atoms with van der Waals surface area (Å²) in [5.74, 6) is 0.220. The SMILES string of the molecule is COCC(N[NH+]([O-])CCCCCCC(C)=O)C(C)O. The number of carbonyl (C=O) groups is 1. The Morgan fingerprint density at radius 3 is 2.53 bits per heavy atom. The van der Waals surface area contributed by atoms with Gasteiger partial charge in [0.1, 0.15) is 11.8 Å². The predicted octanol–water partition coefficient (Wildman–Crippen LogP) is -0.191. The van der Waals surface area contributed by atoms with Gasteiger partial charge in [-0.05, 0) is 33.1 Å². The maximum Gasteiger partial charge on any atom is 0.129 e. The highest BCUT2D eigenvalue weighted by atomic mass is 16.5. The van der Waals surface area contributed by atoms with Crippen molar-refractivity contribution in [2.24, 2.45) is 0 Å². The van der Waals surface area contributed by atoms with E-state index in [-0.39, 0.29) is 17.0 Å². The minimum Gasteiger partial charge on any atom is -0.613 e. The van der Waals surface area contributed by atoms with Crippen LogP contribution in [0.4, 0.5) is 0 Å². The van der Waals surface area contributed by atoms with E-state index in [0.29, 0.717) is 19.6 Å². The third-order valence-electron chi connectivity index (χ3n) is 2.96. The zero-order chi connectivity index (χ0) is 14.7. The van der Waals surface area contributed by atoms with Crippen LogP contribution in [-0.2, 0) is 9.53 Å². The predicted molar refractivity (Wildman–Crippen MR) is 73.4 cm³/mol. The molecule has 0 aromatic rings. The molecule has 0 amide bonds. The van der Waals surface area contributed by atoms with Crippen LogP contribution >= 0.6 is 0 Å². The highest BCUT2D eigenvalue weighted by Gasteiger charge is 2.17. The molecule has 0 radical (unpaired) electrons. The van der Waals surface area contributed by atoms with E-state index in [1.54, 1.807) is 13.8 Å². The average molecular weight is 276 g/mol. The van der Waals surface area contributed by atoms with Crippen molar-refractivity contribution in [2.75, 3.05) is 20.3 Å². The molecule has 0 fully saturated rings. The normalized spacial score (nSPS) is 16.1. The third kappa shape index (κ3) is 11.0. The van der Waals surface area contributed by atoms with E-state index in [9.17, 15) is 15.1 Å². The monoisotopic (exact) mass is 276 g/mol. The number of quaternary nitrogens is 1. The Morgan fingerprint density at radius 1 is 1.37 bits per heavy atom. The number of methoxy groups -OCH3 is 1. The summed E-state index contributed by atoms with van der Waals surface area (Å²) >= 11 is 0. The number of ketones is 1. The van der Waals surface area contributed by atoms with Crippen molar-refractivity contribution in [2.45, 2.75) is 58.1 Å². The summed E-state index contributed by atoms with van der Waals surface area (Å²) in [5, 5.41) is 21.0. The number of aliphatic hydroxyl groups excluding tert-OH is 1. The second kappa shape index (κ2) is 11.3. The molecular weight excluding hydrogens is 248 g/mol. The van der Waals surface area contributed by atoms with Crippen molar-refractivity contribution in [3.8, 4) is 0 Å². The van der Waals surface area contributed by atoms with Gasteiger partial charge in [-0.25, -0.2) is 0 Å². The average Bonchev–Trinajstić information content (AvgIpc) is 2.32. The van der Waals surface area contributed by atoms with Crippen LogP contribution in [0.5, 0.6) is 0 Å². The molecule has 114 valence electrons. The van der Waals surface area contributed by atoms with Gasteiger partial charge in [-0.1, -0.05) is 6.42 Å². The molecule has 0 aromatic heterocycles. The maximum absolute atomic E-state index is 11.6. The Balaban J connectivity index is 3.62. The number of aliphatic hydroxyl groups is 1. The minimum atomic E-state index is -0.625. The van der Waals surface area contributed by atoms with Gasteiger partial charge >= 0.3 is 0 Å². The van der Waals surface area contributed by atoms with Gasteiger partial charge in [0.25, 0.3) is 0 Å². The molecule has 0 spiro atoms. The molecule has 0 aliphatic rings. The number of hydroxylamine groups is 1. The lowest BCUT2D eigenvalue weighted by atomic mass is 10.1. The highest BCUT2D eigenvalue weighted by molar-refractivity contribution is 5.75. The van der Waals surface area contributed by atoms with E-state index in [4.69, 9.17) is 4.74 Å². The Bertz CT molecular complexity index is 237. The fourth-order valence-corrected chi connectivity index (χ4v) is 1.77. The van der Waals surface area contributed by atoms with Gasteiger partial charge in [0.05, 0.1) is 19.3 Å². The molecule has 6 nitrogen and oxygen atoms in total. The smallest absolute Gasteiger partial charge is 0.129 e. The van der Waals surface area contributed by atoms with E-state index >= 15 is 0 Å². The molecule has 0 aliphatic heterocycles. The second-order valence-electron chi connectivity index (χ2n) is 4.99. The van der Waals surface area contributed by atoms with Crippen molar-refractivity contribution in [3.05, 3.63) is 5.21 Å². The molecular formula is C13H28N2O4. The van der Waals surface area contributed by atoms with Gasteiger partial charge in [0.15, 0.2) is 0 Å². The third-order valence-corrected chi connectivity index (χ3v) is 2.96. The lowest BCUT2D eigenvalue weighted by Gasteiger charge is -2.29. The van der Waals surface area contributed by atoms with Crippen molar-refractivity contribution in [1.29, 1.82) is 0 Å². The van der Waals surface area contributed by atoms with E-state index in [1.807, 2.05) is 0 Å². The number of hydrogen-bond acceptors (Lipinski definition) is 5. The molecule has 0 bridgehead atoms. The zero-order valence-corrected chi connectivity index (χ0v) is 12.3. The quantitative estimate of drug-likeness (QED) is 0.340. The van der Waals surface area contributed by atoms with Crippen LogP contribution < -0.4 is 10.6 Å².